The molecule has 3 unspecified atom stereocenters. The first kappa shape index (κ1) is 15.8. The topological polar surface area (TPSA) is 61.4 Å². The van der Waals surface area contributed by atoms with Crippen molar-refractivity contribution in [1.82, 2.24) is 10.6 Å². The molecule has 0 aromatic heterocycles. The van der Waals surface area contributed by atoms with Crippen LogP contribution in [0.2, 0.25) is 0 Å². The Morgan fingerprint density at radius 1 is 1.38 bits per heavy atom. The number of rotatable bonds is 5. The Morgan fingerprint density at radius 2 is 2.10 bits per heavy atom. The van der Waals surface area contributed by atoms with Crippen molar-refractivity contribution < 1.29 is 14.3 Å². The van der Waals surface area contributed by atoms with E-state index in [0.717, 1.165) is 24.8 Å². The van der Waals surface area contributed by atoms with Crippen molar-refractivity contribution in [2.24, 2.45) is 0 Å². The Hall–Kier alpha value is -1.62. The zero-order chi connectivity index (χ0) is 15.2. The van der Waals surface area contributed by atoms with E-state index in [1.54, 1.807) is 19.1 Å². The van der Waals surface area contributed by atoms with Crippen molar-refractivity contribution in [3.8, 4) is 0 Å². The molecule has 3 atom stereocenters. The molecule has 0 radical (unpaired) electrons. The summed E-state index contributed by atoms with van der Waals surface area (Å²) in [5.74, 6) is 0.00485. The number of halogens is 1. The molecule has 21 heavy (non-hydrogen) atoms. The monoisotopic (exact) mass is 294 g/mol. The molecule has 5 heteroatoms. The standard InChI is InChI=1S/C16H23FN2O2/c1-11(20)9-10-18-16(21)19-15-4-2-3-14(15)12-5-7-13(17)8-6-12/h5-8,11,14-15,20H,2-4,9-10H2,1H3,(H2,18,19,21). The highest BCUT2D eigenvalue weighted by molar-refractivity contribution is 5.74. The maximum absolute atomic E-state index is 13.0. The molecule has 0 heterocycles. The van der Waals surface area contributed by atoms with E-state index < -0.39 is 6.10 Å². The number of aliphatic hydroxyl groups excluding tert-OH is 1. The van der Waals surface area contributed by atoms with Gasteiger partial charge in [-0.1, -0.05) is 18.6 Å². The summed E-state index contributed by atoms with van der Waals surface area (Å²) in [5.41, 5.74) is 1.07. The smallest absolute Gasteiger partial charge is 0.315 e. The lowest BCUT2D eigenvalue weighted by atomic mass is 9.94. The summed E-state index contributed by atoms with van der Waals surface area (Å²) in [5, 5.41) is 14.9. The predicted molar refractivity (Wildman–Crippen MR) is 79.6 cm³/mol. The van der Waals surface area contributed by atoms with Crippen molar-refractivity contribution in [2.75, 3.05) is 6.54 Å². The van der Waals surface area contributed by atoms with Gasteiger partial charge < -0.3 is 15.7 Å². The van der Waals surface area contributed by atoms with Gasteiger partial charge >= 0.3 is 6.03 Å². The summed E-state index contributed by atoms with van der Waals surface area (Å²) in [6.45, 7) is 2.15. The van der Waals surface area contributed by atoms with E-state index in [1.165, 1.54) is 12.1 Å². The number of hydrogen-bond acceptors (Lipinski definition) is 2. The van der Waals surface area contributed by atoms with Crippen LogP contribution in [0.1, 0.15) is 44.1 Å². The summed E-state index contributed by atoms with van der Waals surface area (Å²) in [4.78, 5) is 11.8. The summed E-state index contributed by atoms with van der Waals surface area (Å²) >= 11 is 0. The molecule has 1 aromatic rings. The maximum Gasteiger partial charge on any atom is 0.315 e. The van der Waals surface area contributed by atoms with Crippen LogP contribution in [0.3, 0.4) is 0 Å². The number of carbonyl (C=O) groups excluding carboxylic acids is 1. The number of aliphatic hydroxyl groups is 1. The molecule has 1 saturated carbocycles. The second-order valence-electron chi connectivity index (χ2n) is 5.73. The van der Waals surface area contributed by atoms with Gasteiger partial charge in [-0.2, -0.15) is 0 Å². The minimum absolute atomic E-state index is 0.0852. The first-order valence-corrected chi connectivity index (χ1v) is 7.54. The van der Waals surface area contributed by atoms with Gasteiger partial charge in [0, 0.05) is 18.5 Å². The molecule has 2 rings (SSSR count). The van der Waals surface area contributed by atoms with Crippen molar-refractivity contribution in [3.63, 3.8) is 0 Å². The van der Waals surface area contributed by atoms with Crippen LogP contribution in [0, 0.1) is 5.82 Å². The second-order valence-corrected chi connectivity index (χ2v) is 5.73. The minimum atomic E-state index is -0.413. The van der Waals surface area contributed by atoms with Gasteiger partial charge in [0.05, 0.1) is 6.10 Å². The molecule has 0 aliphatic heterocycles. The van der Waals surface area contributed by atoms with E-state index in [2.05, 4.69) is 10.6 Å². The third kappa shape index (κ3) is 4.70. The van der Waals surface area contributed by atoms with Crippen LogP contribution in [-0.4, -0.2) is 29.8 Å². The van der Waals surface area contributed by atoms with Crippen molar-refractivity contribution in [3.05, 3.63) is 35.6 Å². The minimum Gasteiger partial charge on any atom is -0.393 e. The normalized spacial score (nSPS) is 22.8. The van der Waals surface area contributed by atoms with Crippen LogP contribution in [-0.2, 0) is 0 Å². The number of benzene rings is 1. The maximum atomic E-state index is 13.0. The predicted octanol–water partition coefficient (Wildman–Crippen LogP) is 2.53. The number of nitrogens with one attached hydrogen (secondary N) is 2. The fourth-order valence-electron chi connectivity index (χ4n) is 2.86. The lowest BCUT2D eigenvalue weighted by Gasteiger charge is -2.22. The molecule has 1 aliphatic carbocycles. The highest BCUT2D eigenvalue weighted by Crippen LogP contribution is 2.34. The molecule has 116 valence electrons. The van der Waals surface area contributed by atoms with Crippen molar-refractivity contribution in [1.29, 1.82) is 0 Å². The lowest BCUT2D eigenvalue weighted by molar-refractivity contribution is 0.183. The van der Waals surface area contributed by atoms with Gasteiger partial charge in [-0.15, -0.1) is 0 Å². The molecule has 3 N–H and O–H groups in total. The molecule has 4 nitrogen and oxygen atoms in total. The molecule has 0 saturated heterocycles. The van der Waals surface area contributed by atoms with E-state index in [-0.39, 0.29) is 23.8 Å². The number of carbonyl (C=O) groups is 1. The zero-order valence-corrected chi connectivity index (χ0v) is 12.3. The van der Waals surface area contributed by atoms with E-state index >= 15 is 0 Å². The molecule has 1 fully saturated rings. The van der Waals surface area contributed by atoms with Crippen LogP contribution in [0.25, 0.3) is 0 Å². The van der Waals surface area contributed by atoms with Gasteiger partial charge in [-0.05, 0) is 43.9 Å². The van der Waals surface area contributed by atoms with Crippen LogP contribution in [0.15, 0.2) is 24.3 Å². The van der Waals surface area contributed by atoms with Crippen molar-refractivity contribution >= 4 is 6.03 Å². The molecule has 0 bridgehead atoms. The summed E-state index contributed by atoms with van der Waals surface area (Å²) in [6, 6.07) is 6.41. The van der Waals surface area contributed by atoms with Crippen LogP contribution < -0.4 is 10.6 Å². The van der Waals surface area contributed by atoms with Crippen LogP contribution in [0.4, 0.5) is 9.18 Å². The van der Waals surface area contributed by atoms with Gasteiger partial charge in [0.2, 0.25) is 0 Å². The van der Waals surface area contributed by atoms with Crippen LogP contribution >= 0.6 is 0 Å². The van der Waals surface area contributed by atoms with Gasteiger partial charge in [-0.25, -0.2) is 9.18 Å². The largest absolute Gasteiger partial charge is 0.393 e. The number of urea groups is 1. The summed E-state index contributed by atoms with van der Waals surface area (Å²) in [7, 11) is 0. The summed E-state index contributed by atoms with van der Waals surface area (Å²) < 4.78 is 13.0. The van der Waals surface area contributed by atoms with Gasteiger partial charge in [-0.3, -0.25) is 0 Å². The average molecular weight is 294 g/mol. The number of hydrogen-bond donors (Lipinski definition) is 3. The second kappa shape index (κ2) is 7.41. The number of amides is 2. The zero-order valence-electron chi connectivity index (χ0n) is 12.3. The Kier molecular flexibility index (Phi) is 5.56. The molecular weight excluding hydrogens is 271 g/mol. The molecule has 0 spiro atoms. The third-order valence-electron chi connectivity index (χ3n) is 3.98. The Bertz CT molecular complexity index is 462. The van der Waals surface area contributed by atoms with Gasteiger partial charge in [0.1, 0.15) is 5.82 Å². The lowest BCUT2D eigenvalue weighted by Crippen LogP contribution is -2.43. The Morgan fingerprint density at radius 3 is 2.76 bits per heavy atom. The quantitative estimate of drug-likeness (QED) is 0.781. The first-order valence-electron chi connectivity index (χ1n) is 7.54. The first-order chi connectivity index (χ1) is 10.1. The van der Waals surface area contributed by atoms with Crippen molar-refractivity contribution in [2.45, 2.75) is 50.7 Å². The highest BCUT2D eigenvalue weighted by atomic mass is 19.1. The van der Waals surface area contributed by atoms with E-state index in [1.807, 2.05) is 0 Å². The fraction of sp³-hybridized carbons (Fsp3) is 0.562. The summed E-state index contributed by atoms with van der Waals surface area (Å²) in [6.07, 6.45) is 3.12. The van der Waals surface area contributed by atoms with E-state index in [9.17, 15) is 9.18 Å². The fourth-order valence-corrected chi connectivity index (χ4v) is 2.86. The van der Waals surface area contributed by atoms with Gasteiger partial charge in [0.15, 0.2) is 0 Å². The van der Waals surface area contributed by atoms with E-state index in [4.69, 9.17) is 5.11 Å². The molecular formula is C16H23FN2O2. The Balaban J connectivity index is 1.87. The average Bonchev–Trinajstić information content (AvgIpc) is 2.87. The highest BCUT2D eigenvalue weighted by Gasteiger charge is 2.29. The Labute approximate surface area is 124 Å². The third-order valence-corrected chi connectivity index (χ3v) is 3.98. The molecule has 1 aliphatic rings. The van der Waals surface area contributed by atoms with Gasteiger partial charge in [0.25, 0.3) is 0 Å². The molecule has 1 aromatic carbocycles. The SMILES string of the molecule is CC(O)CCNC(=O)NC1CCCC1c1ccc(F)cc1. The van der Waals surface area contributed by atoms with Crippen LogP contribution in [0.5, 0.6) is 0 Å². The van der Waals surface area contributed by atoms with E-state index in [0.29, 0.717) is 13.0 Å². The molecule has 2 amide bonds.